The van der Waals surface area contributed by atoms with Crippen LogP contribution in [0.5, 0.6) is 0 Å². The van der Waals surface area contributed by atoms with Crippen molar-refractivity contribution in [3.63, 3.8) is 0 Å². The lowest BCUT2D eigenvalue weighted by molar-refractivity contribution is 0.288. The lowest BCUT2D eigenvalue weighted by Gasteiger charge is -2.27. The molecular formula is C25H23N3O8S2. The minimum Gasteiger partial charge on any atom is -0.354 e. The van der Waals surface area contributed by atoms with E-state index in [1.165, 1.54) is 12.1 Å². The zero-order valence-electron chi connectivity index (χ0n) is 20.4. The quantitative estimate of drug-likeness (QED) is 0.187. The molecule has 0 aliphatic carbocycles. The summed E-state index contributed by atoms with van der Waals surface area (Å²) in [6.07, 6.45) is 0.230. The Labute approximate surface area is 216 Å². The topological polar surface area (TPSA) is 178 Å². The molecule has 1 unspecified atom stereocenters. The van der Waals surface area contributed by atoms with E-state index in [0.29, 0.717) is 16.4 Å². The van der Waals surface area contributed by atoms with Crippen LogP contribution in [0, 0.1) is 0 Å². The summed E-state index contributed by atoms with van der Waals surface area (Å²) >= 11 is 0. The van der Waals surface area contributed by atoms with E-state index in [1.54, 1.807) is 50.2 Å². The van der Waals surface area contributed by atoms with E-state index in [-0.39, 0.29) is 44.6 Å². The van der Waals surface area contributed by atoms with Crippen LogP contribution in [-0.4, -0.2) is 54.9 Å². The Morgan fingerprint density at radius 3 is 1.92 bits per heavy atom. The van der Waals surface area contributed by atoms with Gasteiger partial charge in [0.2, 0.25) is 0 Å². The highest BCUT2D eigenvalue weighted by Gasteiger charge is 2.34. The van der Waals surface area contributed by atoms with Gasteiger partial charge in [0.15, 0.2) is 10.9 Å². The molecule has 2 aromatic heterocycles. The van der Waals surface area contributed by atoms with Gasteiger partial charge in [-0.15, -0.1) is 0 Å². The van der Waals surface area contributed by atoms with Crippen molar-refractivity contribution < 1.29 is 25.9 Å². The number of hydrogen-bond donors (Lipinski definition) is 4. The van der Waals surface area contributed by atoms with Crippen LogP contribution >= 0.6 is 0 Å². The summed E-state index contributed by atoms with van der Waals surface area (Å²) in [6, 6.07) is 9.77. The number of benzene rings is 3. The summed E-state index contributed by atoms with van der Waals surface area (Å²) < 4.78 is 69.7. The van der Waals surface area contributed by atoms with Crippen molar-refractivity contribution in [3.05, 3.63) is 68.5 Å². The monoisotopic (exact) mass is 557 g/mol. The molecule has 198 valence electrons. The normalized spacial score (nSPS) is 13.7. The minimum absolute atomic E-state index is 0.0885. The van der Waals surface area contributed by atoms with Gasteiger partial charge in [0, 0.05) is 33.3 Å². The Bertz CT molecular complexity index is 2150. The van der Waals surface area contributed by atoms with Gasteiger partial charge < -0.3 is 14.9 Å². The van der Waals surface area contributed by atoms with Crippen LogP contribution in [0.3, 0.4) is 0 Å². The molecular weight excluding hydrogens is 534 g/mol. The van der Waals surface area contributed by atoms with Crippen molar-refractivity contribution in [1.29, 1.82) is 0 Å². The molecule has 13 heteroatoms. The second-order valence-corrected chi connectivity index (χ2v) is 12.0. The first-order valence-corrected chi connectivity index (χ1v) is 14.3. The predicted octanol–water partition coefficient (Wildman–Crippen LogP) is 3.18. The molecule has 0 radical (unpaired) electrons. The van der Waals surface area contributed by atoms with Gasteiger partial charge in [-0.2, -0.15) is 16.8 Å². The Hall–Kier alpha value is -3.62. The number of fused-ring (bicyclic) bond motifs is 4. The van der Waals surface area contributed by atoms with E-state index in [1.807, 2.05) is 0 Å². The van der Waals surface area contributed by atoms with Crippen molar-refractivity contribution in [2.45, 2.75) is 29.2 Å². The summed E-state index contributed by atoms with van der Waals surface area (Å²) in [5, 5.41) is 0.649. The molecule has 0 fully saturated rings. The number of H-pyrrole nitrogens is 2. The zero-order valence-corrected chi connectivity index (χ0v) is 22.1. The zero-order chi connectivity index (χ0) is 27.7. The van der Waals surface area contributed by atoms with Crippen molar-refractivity contribution in [2.24, 2.45) is 0 Å². The van der Waals surface area contributed by atoms with E-state index in [0.717, 1.165) is 6.07 Å². The number of aromatic nitrogens is 2. The average Bonchev–Trinajstić information content (AvgIpc) is 2.82. The number of hydrogen-bond acceptors (Lipinski definition) is 7. The van der Waals surface area contributed by atoms with Gasteiger partial charge in [0.05, 0.1) is 21.9 Å². The minimum atomic E-state index is -5.23. The molecule has 0 bridgehead atoms. The van der Waals surface area contributed by atoms with E-state index >= 15 is 0 Å². The molecule has 5 rings (SSSR count). The highest BCUT2D eigenvalue weighted by Crippen LogP contribution is 2.38. The molecule has 0 saturated carbocycles. The summed E-state index contributed by atoms with van der Waals surface area (Å²) in [4.78, 5) is 32.7. The van der Waals surface area contributed by atoms with Gasteiger partial charge >= 0.3 is 0 Å². The van der Waals surface area contributed by atoms with Crippen molar-refractivity contribution in [3.8, 4) is 0 Å². The van der Waals surface area contributed by atoms with Crippen LogP contribution < -0.4 is 10.9 Å². The highest BCUT2D eigenvalue weighted by molar-refractivity contribution is 7.89. The van der Waals surface area contributed by atoms with E-state index in [9.17, 15) is 35.5 Å². The summed E-state index contributed by atoms with van der Waals surface area (Å²) in [5.41, 5.74) is -0.150. The third-order valence-electron chi connectivity index (χ3n) is 6.75. The molecule has 0 amide bonds. The van der Waals surface area contributed by atoms with Crippen molar-refractivity contribution >= 4 is 63.8 Å². The third-order valence-corrected chi connectivity index (χ3v) is 8.71. The fourth-order valence-corrected chi connectivity index (χ4v) is 7.22. The highest BCUT2D eigenvalue weighted by atomic mass is 32.2. The number of nitrogens with one attached hydrogen (secondary N) is 2. The maximum Gasteiger partial charge on any atom is 0.296 e. The molecule has 0 spiro atoms. The molecule has 5 aromatic rings. The summed E-state index contributed by atoms with van der Waals surface area (Å²) in [6.45, 7) is 1.70. The van der Waals surface area contributed by atoms with Gasteiger partial charge in [-0.25, -0.2) is 0 Å². The predicted molar refractivity (Wildman–Crippen MR) is 144 cm³/mol. The van der Waals surface area contributed by atoms with Crippen LogP contribution in [-0.2, 0) is 20.2 Å². The lowest BCUT2D eigenvalue weighted by Crippen LogP contribution is -2.25. The largest absolute Gasteiger partial charge is 0.354 e. The van der Waals surface area contributed by atoms with Crippen LogP contribution in [0.2, 0.25) is 0 Å². The fraction of sp³-hybridized carbons (Fsp3) is 0.200. The molecule has 0 aliphatic heterocycles. The lowest BCUT2D eigenvalue weighted by atomic mass is 9.96. The molecule has 1 atom stereocenters. The molecule has 38 heavy (non-hydrogen) atoms. The van der Waals surface area contributed by atoms with E-state index in [2.05, 4.69) is 9.97 Å². The molecule has 3 aromatic carbocycles. The Kier molecular flexibility index (Phi) is 5.96. The SMILES string of the molecule is CCC(c1c(S(=O)(=O)O)c(S(=O)(=O)O)cc2[nH]c3cc4c(=O)c5ccccc5[nH]c4cc3c(=O)c12)N(C)C. The molecule has 0 aliphatic rings. The second-order valence-electron chi connectivity index (χ2n) is 9.28. The Balaban J connectivity index is 2.07. The molecule has 0 saturated heterocycles. The van der Waals surface area contributed by atoms with Crippen molar-refractivity contribution in [1.82, 2.24) is 14.9 Å². The van der Waals surface area contributed by atoms with E-state index in [4.69, 9.17) is 0 Å². The number of aromatic amines is 2. The standard InChI is InChI=1S/C25H23N3O8S2/c1-4-19(28(2)3)22-21-18(11-20(37(31,32)33)25(22)38(34,35)36)27-17-9-13-16(10-14(17)24(21)30)26-15-8-6-5-7-12(15)23(13)29/h5-11,19H,4H2,1-3H3,(H,26,29)(H,27,30)(H,31,32,33)(H,34,35,36). The maximum atomic E-state index is 14.0. The van der Waals surface area contributed by atoms with Gasteiger partial charge in [0.25, 0.3) is 20.2 Å². The summed E-state index contributed by atoms with van der Waals surface area (Å²) in [7, 11) is -7.19. The van der Waals surface area contributed by atoms with E-state index < -0.39 is 41.5 Å². The van der Waals surface area contributed by atoms with Crippen LogP contribution in [0.4, 0.5) is 0 Å². The molecule has 2 heterocycles. The van der Waals surface area contributed by atoms with Crippen LogP contribution in [0.15, 0.2) is 61.8 Å². The smallest absolute Gasteiger partial charge is 0.296 e. The number of nitrogens with zero attached hydrogens (tertiary/aromatic N) is 1. The summed E-state index contributed by atoms with van der Waals surface area (Å²) in [5.74, 6) is 0. The van der Waals surface area contributed by atoms with Crippen LogP contribution in [0.1, 0.15) is 24.9 Å². The first-order chi connectivity index (χ1) is 17.7. The van der Waals surface area contributed by atoms with Gasteiger partial charge in [0.1, 0.15) is 9.79 Å². The van der Waals surface area contributed by atoms with Gasteiger partial charge in [-0.05, 0) is 50.8 Å². The first-order valence-electron chi connectivity index (χ1n) is 11.5. The maximum absolute atomic E-state index is 14.0. The Morgan fingerprint density at radius 1 is 0.789 bits per heavy atom. The molecule has 4 N–H and O–H groups in total. The molecule has 11 nitrogen and oxygen atoms in total. The van der Waals surface area contributed by atoms with Crippen LogP contribution in [0.25, 0.3) is 43.6 Å². The average molecular weight is 558 g/mol. The van der Waals surface area contributed by atoms with Gasteiger partial charge in [-0.3, -0.25) is 18.7 Å². The third kappa shape index (κ3) is 3.99. The Morgan fingerprint density at radius 2 is 1.37 bits per heavy atom. The number of rotatable bonds is 5. The second kappa shape index (κ2) is 8.71. The van der Waals surface area contributed by atoms with Gasteiger partial charge in [-0.1, -0.05) is 19.1 Å². The number of para-hydroxylation sites is 1. The number of pyridine rings is 2. The first kappa shape index (κ1) is 26.0. The fourth-order valence-electron chi connectivity index (χ4n) is 5.15. The van der Waals surface area contributed by atoms with Crippen molar-refractivity contribution in [2.75, 3.05) is 14.1 Å².